The van der Waals surface area contributed by atoms with Crippen molar-refractivity contribution in [2.24, 2.45) is 0 Å². The van der Waals surface area contributed by atoms with Gasteiger partial charge >= 0.3 is 0 Å². The average molecular weight is 385 g/mol. The number of carbonyl (C=O) groups is 1. The lowest BCUT2D eigenvalue weighted by Gasteiger charge is -2.30. The van der Waals surface area contributed by atoms with E-state index in [0.717, 1.165) is 5.56 Å². The third-order valence-corrected chi connectivity index (χ3v) is 4.47. The Morgan fingerprint density at radius 3 is 2.75 bits per heavy atom. The maximum atomic E-state index is 12.4. The van der Waals surface area contributed by atoms with Gasteiger partial charge in [0, 0.05) is 12.6 Å². The smallest absolute Gasteiger partial charge is 0.293 e. The molecule has 148 valence electrons. The molecule has 0 radical (unpaired) electrons. The number of para-hydroxylation sites is 2. The van der Waals surface area contributed by atoms with Crippen molar-refractivity contribution in [3.8, 4) is 11.5 Å². The molecule has 28 heavy (non-hydrogen) atoms. The van der Waals surface area contributed by atoms with Crippen LogP contribution in [0.15, 0.2) is 42.5 Å². The van der Waals surface area contributed by atoms with Crippen molar-refractivity contribution in [2.75, 3.05) is 31.6 Å². The molecule has 0 aliphatic carbocycles. The number of aryl methyl sites for hydroxylation is 1. The van der Waals surface area contributed by atoms with E-state index in [1.165, 1.54) is 6.07 Å². The second-order valence-electron chi connectivity index (χ2n) is 6.65. The highest BCUT2D eigenvalue weighted by atomic mass is 16.6. The molecular weight excluding hydrogens is 362 g/mol. The first-order chi connectivity index (χ1) is 13.5. The molecule has 1 aliphatic rings. The summed E-state index contributed by atoms with van der Waals surface area (Å²) in [6, 6.07) is 12.2. The largest absolute Gasteiger partial charge is 0.486 e. The van der Waals surface area contributed by atoms with E-state index in [4.69, 9.17) is 9.47 Å². The molecule has 0 aromatic heterocycles. The van der Waals surface area contributed by atoms with Crippen LogP contribution in [-0.2, 0) is 4.79 Å². The molecule has 8 heteroatoms. The molecule has 2 aromatic carbocycles. The zero-order chi connectivity index (χ0) is 20.1. The summed E-state index contributed by atoms with van der Waals surface area (Å²) in [5.41, 5.74) is 0.842. The van der Waals surface area contributed by atoms with Crippen LogP contribution in [0.4, 0.5) is 11.4 Å². The Kier molecular flexibility index (Phi) is 6.10. The number of nitro groups is 1. The monoisotopic (exact) mass is 385 g/mol. The van der Waals surface area contributed by atoms with Gasteiger partial charge in [-0.15, -0.1) is 0 Å². The van der Waals surface area contributed by atoms with E-state index >= 15 is 0 Å². The Labute approximate surface area is 163 Å². The van der Waals surface area contributed by atoms with Gasteiger partial charge in [-0.3, -0.25) is 19.8 Å². The summed E-state index contributed by atoms with van der Waals surface area (Å²) in [6.07, 6.45) is -0.198. The van der Waals surface area contributed by atoms with Crippen LogP contribution >= 0.6 is 0 Å². The SMILES string of the molecule is CCN(CC(=O)Nc1ccc(C)cc1[N+](=O)[O-])CC1COc2ccccc2O1. The number of hydrogen-bond donors (Lipinski definition) is 1. The molecule has 0 saturated carbocycles. The molecule has 2 aromatic rings. The number of carbonyl (C=O) groups excluding carboxylic acids is 1. The molecule has 0 spiro atoms. The molecule has 1 aliphatic heterocycles. The van der Waals surface area contributed by atoms with Crippen LogP contribution in [0, 0.1) is 17.0 Å². The van der Waals surface area contributed by atoms with E-state index in [2.05, 4.69) is 5.32 Å². The highest BCUT2D eigenvalue weighted by molar-refractivity contribution is 5.94. The zero-order valence-corrected chi connectivity index (χ0v) is 15.9. The fourth-order valence-corrected chi connectivity index (χ4v) is 3.04. The van der Waals surface area contributed by atoms with Gasteiger partial charge in [0.05, 0.1) is 11.5 Å². The molecule has 3 rings (SSSR count). The Morgan fingerprint density at radius 1 is 1.29 bits per heavy atom. The van der Waals surface area contributed by atoms with Gasteiger partial charge in [0.2, 0.25) is 5.91 Å². The van der Waals surface area contributed by atoms with Crippen LogP contribution in [-0.4, -0.2) is 48.1 Å². The van der Waals surface area contributed by atoms with Crippen LogP contribution in [0.3, 0.4) is 0 Å². The molecule has 0 fully saturated rings. The molecule has 0 bridgehead atoms. The third-order valence-electron chi connectivity index (χ3n) is 4.47. The van der Waals surface area contributed by atoms with Crippen molar-refractivity contribution in [1.82, 2.24) is 4.90 Å². The fourth-order valence-electron chi connectivity index (χ4n) is 3.04. The molecule has 1 amide bonds. The summed E-state index contributed by atoms with van der Waals surface area (Å²) in [5, 5.41) is 13.9. The van der Waals surface area contributed by atoms with Crippen molar-refractivity contribution in [1.29, 1.82) is 0 Å². The van der Waals surface area contributed by atoms with Gasteiger partial charge in [0.1, 0.15) is 18.4 Å². The van der Waals surface area contributed by atoms with Gasteiger partial charge < -0.3 is 14.8 Å². The average Bonchev–Trinajstić information content (AvgIpc) is 2.68. The summed E-state index contributed by atoms with van der Waals surface area (Å²) in [5.74, 6) is 1.09. The summed E-state index contributed by atoms with van der Waals surface area (Å²) in [6.45, 7) is 5.35. The number of rotatable bonds is 7. The van der Waals surface area contributed by atoms with E-state index < -0.39 is 4.92 Å². The highest BCUT2D eigenvalue weighted by Gasteiger charge is 2.24. The quantitative estimate of drug-likeness (QED) is 0.582. The van der Waals surface area contributed by atoms with Gasteiger partial charge in [-0.1, -0.05) is 25.1 Å². The first-order valence-electron chi connectivity index (χ1n) is 9.12. The number of nitrogens with one attached hydrogen (secondary N) is 1. The Morgan fingerprint density at radius 2 is 2.04 bits per heavy atom. The first-order valence-corrected chi connectivity index (χ1v) is 9.12. The lowest BCUT2D eigenvalue weighted by Crippen LogP contribution is -2.43. The molecule has 1 atom stereocenters. The standard InChI is InChI=1S/C20H23N3O5/c1-3-22(11-15-13-27-18-6-4-5-7-19(18)28-15)12-20(24)21-16-9-8-14(2)10-17(16)23(25)26/h4-10,15H,3,11-13H2,1-2H3,(H,21,24). The number of anilines is 1. The summed E-state index contributed by atoms with van der Waals surface area (Å²) >= 11 is 0. The number of fused-ring (bicyclic) bond motifs is 1. The predicted molar refractivity (Wildman–Crippen MR) is 105 cm³/mol. The van der Waals surface area contributed by atoms with Crippen LogP contribution in [0.1, 0.15) is 12.5 Å². The van der Waals surface area contributed by atoms with Crippen molar-refractivity contribution < 1.29 is 19.2 Å². The molecule has 1 N–H and O–H groups in total. The van der Waals surface area contributed by atoms with Crippen LogP contribution in [0.25, 0.3) is 0 Å². The van der Waals surface area contributed by atoms with Crippen molar-refractivity contribution >= 4 is 17.3 Å². The number of likely N-dealkylation sites (N-methyl/N-ethyl adjacent to an activating group) is 1. The maximum absolute atomic E-state index is 12.4. The van der Waals surface area contributed by atoms with Crippen LogP contribution in [0.2, 0.25) is 0 Å². The number of amides is 1. The molecule has 1 heterocycles. The van der Waals surface area contributed by atoms with E-state index in [1.54, 1.807) is 19.1 Å². The minimum absolute atomic E-state index is 0.100. The van der Waals surface area contributed by atoms with Crippen molar-refractivity contribution in [2.45, 2.75) is 20.0 Å². The van der Waals surface area contributed by atoms with Crippen LogP contribution < -0.4 is 14.8 Å². The first kappa shape index (κ1) is 19.6. The van der Waals surface area contributed by atoms with Gasteiger partial charge in [-0.2, -0.15) is 0 Å². The van der Waals surface area contributed by atoms with Crippen molar-refractivity contribution in [3.05, 3.63) is 58.1 Å². The second kappa shape index (κ2) is 8.71. The van der Waals surface area contributed by atoms with E-state index in [-0.39, 0.29) is 29.9 Å². The maximum Gasteiger partial charge on any atom is 0.293 e. The van der Waals surface area contributed by atoms with E-state index in [9.17, 15) is 14.9 Å². The van der Waals surface area contributed by atoms with E-state index in [0.29, 0.717) is 31.2 Å². The molecule has 8 nitrogen and oxygen atoms in total. The Hall–Kier alpha value is -3.13. The zero-order valence-electron chi connectivity index (χ0n) is 15.9. The minimum Gasteiger partial charge on any atom is -0.486 e. The number of ether oxygens (including phenoxy) is 2. The lowest BCUT2D eigenvalue weighted by atomic mass is 10.2. The number of nitrogens with zero attached hydrogens (tertiary/aromatic N) is 2. The molecular formula is C20H23N3O5. The number of nitro benzene ring substituents is 1. The predicted octanol–water partition coefficient (Wildman–Crippen LogP) is 3.00. The summed E-state index contributed by atoms with van der Waals surface area (Å²) < 4.78 is 11.6. The molecule has 1 unspecified atom stereocenters. The normalized spacial score (nSPS) is 15.3. The van der Waals surface area contributed by atoms with Crippen molar-refractivity contribution in [3.63, 3.8) is 0 Å². The third kappa shape index (κ3) is 4.77. The van der Waals surface area contributed by atoms with Crippen LogP contribution in [0.5, 0.6) is 11.5 Å². The Bertz CT molecular complexity index is 871. The molecule has 0 saturated heterocycles. The van der Waals surface area contributed by atoms with Gasteiger partial charge in [0.25, 0.3) is 5.69 Å². The highest BCUT2D eigenvalue weighted by Crippen LogP contribution is 2.31. The topological polar surface area (TPSA) is 93.9 Å². The minimum atomic E-state index is -0.495. The number of hydrogen-bond acceptors (Lipinski definition) is 6. The van der Waals surface area contributed by atoms with E-state index in [1.807, 2.05) is 36.1 Å². The van der Waals surface area contributed by atoms with Gasteiger partial charge in [-0.05, 0) is 37.2 Å². The number of benzene rings is 2. The summed E-state index contributed by atoms with van der Waals surface area (Å²) in [7, 11) is 0. The summed E-state index contributed by atoms with van der Waals surface area (Å²) in [4.78, 5) is 25.1. The lowest BCUT2D eigenvalue weighted by molar-refractivity contribution is -0.384. The second-order valence-corrected chi connectivity index (χ2v) is 6.65. The van der Waals surface area contributed by atoms with Gasteiger partial charge in [0.15, 0.2) is 11.5 Å². The Balaban J connectivity index is 1.59. The van der Waals surface area contributed by atoms with Gasteiger partial charge in [-0.25, -0.2) is 0 Å². The fraction of sp³-hybridized carbons (Fsp3) is 0.350.